The first-order valence-corrected chi connectivity index (χ1v) is 43.5. The van der Waals surface area contributed by atoms with Gasteiger partial charge in [-0.05, 0) is 184 Å². The van der Waals surface area contributed by atoms with Crippen LogP contribution in [0.2, 0.25) is 0 Å². The molecule has 10 heteroatoms. The first kappa shape index (κ1) is 71.2. The van der Waals surface area contributed by atoms with Crippen LogP contribution in [0.25, 0.3) is 198 Å². The van der Waals surface area contributed by atoms with Gasteiger partial charge in [0.1, 0.15) is 0 Å². The van der Waals surface area contributed by atoms with Crippen LogP contribution in [0.3, 0.4) is 0 Å². The van der Waals surface area contributed by atoms with Crippen molar-refractivity contribution in [2.45, 2.75) is 10.8 Å². The van der Waals surface area contributed by atoms with Crippen LogP contribution in [0.5, 0.6) is 0 Å². The molecule has 22 aromatic rings. The van der Waals surface area contributed by atoms with Gasteiger partial charge in [0.05, 0.1) is 44.9 Å². The summed E-state index contributed by atoms with van der Waals surface area (Å²) >= 11 is 3.76. The first-order valence-electron chi connectivity index (χ1n) is 41.9. The summed E-state index contributed by atoms with van der Waals surface area (Å²) in [5.41, 5.74) is 35.8. The molecule has 2 unspecified atom stereocenters. The molecule has 0 radical (unpaired) electrons. The Morgan fingerprint density at radius 2 is 0.556 bits per heavy atom. The van der Waals surface area contributed by atoms with Crippen LogP contribution in [0, 0.1) is 0 Å². The summed E-state index contributed by atoms with van der Waals surface area (Å²) in [6.45, 7) is 0. The fourth-order valence-corrected chi connectivity index (χ4v) is 22.7. The maximum Gasteiger partial charge on any atom is 0.163 e. The maximum atomic E-state index is 5.37. The van der Waals surface area contributed by atoms with Crippen molar-refractivity contribution in [3.8, 4) is 157 Å². The molecule has 0 aliphatic heterocycles. The highest BCUT2D eigenvalue weighted by molar-refractivity contribution is 7.26. The second-order valence-electron chi connectivity index (χ2n) is 32.2. The minimum absolute atomic E-state index is 0.574. The number of rotatable bonds is 8. The lowest BCUT2D eigenvalue weighted by Gasteiger charge is -2.35. The van der Waals surface area contributed by atoms with Crippen molar-refractivity contribution in [3.63, 3.8) is 0 Å². The van der Waals surface area contributed by atoms with Gasteiger partial charge >= 0.3 is 0 Å². The summed E-state index contributed by atoms with van der Waals surface area (Å²) in [6.07, 6.45) is 9.16. The summed E-state index contributed by atoms with van der Waals surface area (Å²) in [5, 5.41) is 5.27. The summed E-state index contributed by atoms with van der Waals surface area (Å²) in [6, 6.07) is 139. The van der Waals surface area contributed by atoms with Crippen LogP contribution in [-0.4, -0.2) is 39.9 Å². The van der Waals surface area contributed by atoms with Gasteiger partial charge in [-0.3, -0.25) is 9.97 Å². The van der Waals surface area contributed by atoms with Gasteiger partial charge in [-0.1, -0.05) is 309 Å². The molecule has 8 nitrogen and oxygen atoms in total. The highest BCUT2D eigenvalue weighted by Crippen LogP contribution is 2.66. The molecule has 15 aromatic carbocycles. The van der Waals surface area contributed by atoms with Gasteiger partial charge in [0.15, 0.2) is 17.5 Å². The van der Waals surface area contributed by atoms with Crippen molar-refractivity contribution in [2.24, 2.45) is 0 Å². The molecule has 0 bridgehead atoms. The molecule has 0 amide bonds. The van der Waals surface area contributed by atoms with Crippen LogP contribution < -0.4 is 0 Å². The third-order valence-corrected chi connectivity index (χ3v) is 28.0. The quantitative estimate of drug-likeness (QED) is 0.148. The van der Waals surface area contributed by atoms with Crippen molar-refractivity contribution in [1.82, 2.24) is 39.9 Å². The SMILES string of the molecule is c1ccc(-c2cc(-c3ccc4c(c3)C3(c5ccccc5-c5ccccc5-4)c4ccccc4-c4c3ccc3sc5ccccc5c43)nc(-c3ccc(-c4cccnc4)nc3)n2)cc1.c1ccc(-c2cc(-c3ccc4c(c3)C3(c5ccccc5-c5ccccc5-4)c4ccccc4-c4c3ccc3sc5ccccc5c43)nc(-c3cnc(-c4ccccc4)nc3)n2)cc1. The fourth-order valence-electron chi connectivity index (χ4n) is 20.5. The standard InChI is InChI=1S/2C57H34N4S/c1-3-15-35(16-4-1)49-32-50(61-56(60-49)38-33-58-55(59-34-38)36-17-5-2-6-18-36)37-27-28-42-40-20-8-7-19-39(40)41-21-9-12-24-45(41)57(48(42)31-37)46-25-13-10-22-43(46)53-47(57)29-30-52-54(53)44-23-11-14-26-51(44)62-52;1-2-13-35(14-3-1)50-32-51(61-56(60-50)38-25-28-49(59-34-38)37-15-12-30-58-33-37)36-24-26-42-40-17-5-4-16-39(40)41-18-6-9-21-45(41)57(48(42)31-36)46-22-10-7-19-43(46)54-47(57)27-29-53-55(54)44-20-8-11-23-52(44)62-53/h2*1-34H. The molecule has 26 rings (SSSR count). The fraction of sp³-hybridized carbons (Fsp3) is 0.0175. The van der Waals surface area contributed by atoms with Crippen molar-refractivity contribution in [1.29, 1.82) is 0 Å². The predicted octanol–water partition coefficient (Wildman–Crippen LogP) is 28.6. The minimum atomic E-state index is -0.649. The second-order valence-corrected chi connectivity index (χ2v) is 34.4. The summed E-state index contributed by atoms with van der Waals surface area (Å²) < 4.78 is 5.22. The van der Waals surface area contributed by atoms with Gasteiger partial charge in [-0.15, -0.1) is 22.7 Å². The molecule has 7 aromatic heterocycles. The van der Waals surface area contributed by atoms with E-state index in [1.165, 1.54) is 152 Å². The number of hydrogen-bond acceptors (Lipinski definition) is 10. The van der Waals surface area contributed by atoms with Crippen molar-refractivity contribution < 1.29 is 0 Å². The summed E-state index contributed by atoms with van der Waals surface area (Å²) in [5.74, 6) is 1.86. The molecule has 576 valence electrons. The van der Waals surface area contributed by atoms with E-state index >= 15 is 0 Å². The number of thiophene rings is 2. The smallest absolute Gasteiger partial charge is 0.163 e. The predicted molar refractivity (Wildman–Crippen MR) is 508 cm³/mol. The van der Waals surface area contributed by atoms with Crippen molar-refractivity contribution in [3.05, 3.63) is 458 Å². The highest BCUT2D eigenvalue weighted by Gasteiger charge is 2.53. The van der Waals surface area contributed by atoms with Crippen LogP contribution in [0.15, 0.2) is 413 Å². The van der Waals surface area contributed by atoms with E-state index in [1.54, 1.807) is 6.20 Å². The molecular weight excluding hydrogens is 1550 g/mol. The lowest BCUT2D eigenvalue weighted by atomic mass is 9.65. The Kier molecular flexibility index (Phi) is 16.4. The van der Waals surface area contributed by atoms with Crippen LogP contribution in [-0.2, 0) is 10.8 Å². The lowest BCUT2D eigenvalue weighted by Crippen LogP contribution is -2.29. The van der Waals surface area contributed by atoms with Gasteiger partial charge in [-0.25, -0.2) is 29.9 Å². The average molecular weight is 1610 g/mol. The number of fused-ring (bicyclic) bond motifs is 32. The number of benzene rings is 15. The first-order chi connectivity index (χ1) is 61.5. The third kappa shape index (κ3) is 10.9. The normalized spacial score (nSPS) is 14.5. The van der Waals surface area contributed by atoms with E-state index in [0.717, 1.165) is 73.0 Å². The Morgan fingerprint density at radius 1 is 0.194 bits per heavy atom. The van der Waals surface area contributed by atoms with Crippen LogP contribution >= 0.6 is 22.7 Å². The molecule has 7 heterocycles. The third-order valence-electron chi connectivity index (χ3n) is 25.7. The molecule has 0 saturated heterocycles. The summed E-state index contributed by atoms with van der Waals surface area (Å²) in [7, 11) is 0. The zero-order chi connectivity index (χ0) is 81.6. The monoisotopic (exact) mass is 1610 g/mol. The number of pyridine rings is 2. The van der Waals surface area contributed by atoms with E-state index in [-0.39, 0.29) is 0 Å². The Morgan fingerprint density at radius 3 is 1.00 bits per heavy atom. The zero-order valence-corrected chi connectivity index (χ0v) is 68.3. The molecule has 4 aliphatic rings. The lowest BCUT2D eigenvalue weighted by molar-refractivity contribution is 0.776. The van der Waals surface area contributed by atoms with Crippen LogP contribution in [0.1, 0.15) is 44.5 Å². The van der Waals surface area contributed by atoms with Crippen molar-refractivity contribution >= 4 is 63.0 Å². The van der Waals surface area contributed by atoms with E-state index in [1.807, 2.05) is 108 Å². The van der Waals surface area contributed by atoms with Gasteiger partial charge in [-0.2, -0.15) is 0 Å². The number of hydrogen-bond donors (Lipinski definition) is 0. The van der Waals surface area contributed by atoms with E-state index < -0.39 is 10.8 Å². The van der Waals surface area contributed by atoms with E-state index in [2.05, 4.69) is 327 Å². The Hall–Kier alpha value is -15.7. The van der Waals surface area contributed by atoms with Gasteiger partial charge in [0.25, 0.3) is 0 Å². The van der Waals surface area contributed by atoms with Crippen LogP contribution in [0.4, 0.5) is 0 Å². The van der Waals surface area contributed by atoms with E-state index in [9.17, 15) is 0 Å². The molecule has 0 fully saturated rings. The van der Waals surface area contributed by atoms with E-state index in [4.69, 9.17) is 34.9 Å². The molecule has 0 saturated carbocycles. The molecular formula is C114H68N8S2. The van der Waals surface area contributed by atoms with Crippen molar-refractivity contribution in [2.75, 3.05) is 0 Å². The Bertz CT molecular complexity index is 7630. The largest absolute Gasteiger partial charge is 0.264 e. The molecule has 2 spiro atoms. The van der Waals surface area contributed by atoms with Gasteiger partial charge in [0.2, 0.25) is 0 Å². The van der Waals surface area contributed by atoms with E-state index in [0.29, 0.717) is 17.5 Å². The Labute approximate surface area is 723 Å². The zero-order valence-electron chi connectivity index (χ0n) is 66.7. The second kappa shape index (κ2) is 28.5. The molecule has 0 N–H and O–H groups in total. The molecule has 2 atom stereocenters. The van der Waals surface area contributed by atoms with Gasteiger partial charge < -0.3 is 0 Å². The number of aromatic nitrogens is 8. The average Bonchev–Trinajstić information content (AvgIpc) is 1.51. The van der Waals surface area contributed by atoms with Gasteiger partial charge in [0, 0.05) is 110 Å². The number of nitrogens with zero attached hydrogens (tertiary/aromatic N) is 8. The molecule has 124 heavy (non-hydrogen) atoms. The Balaban J connectivity index is 0.000000136. The maximum absolute atomic E-state index is 5.37. The molecule has 4 aliphatic carbocycles. The topological polar surface area (TPSA) is 103 Å². The summed E-state index contributed by atoms with van der Waals surface area (Å²) in [4.78, 5) is 39.8. The minimum Gasteiger partial charge on any atom is -0.264 e. The highest BCUT2D eigenvalue weighted by atomic mass is 32.1.